The van der Waals surface area contributed by atoms with Crippen LogP contribution in [-0.4, -0.2) is 64.2 Å². The van der Waals surface area contributed by atoms with Crippen molar-refractivity contribution in [2.75, 3.05) is 31.3 Å². The summed E-state index contributed by atoms with van der Waals surface area (Å²) in [6.45, 7) is 1.57. The number of hydrogen-bond acceptors (Lipinski definition) is 6. The maximum Gasteiger partial charge on any atom is 0.244 e. The van der Waals surface area contributed by atoms with Crippen molar-refractivity contribution in [3.63, 3.8) is 0 Å². The van der Waals surface area contributed by atoms with Gasteiger partial charge in [0.05, 0.1) is 26.2 Å². The molecule has 0 spiro atoms. The van der Waals surface area contributed by atoms with Gasteiger partial charge in [-0.1, -0.05) is 31.9 Å². The Bertz CT molecular complexity index is 1150. The minimum atomic E-state index is -3.79. The highest BCUT2D eigenvalue weighted by Gasteiger charge is 2.33. The van der Waals surface area contributed by atoms with Crippen molar-refractivity contribution >= 4 is 27.5 Å². The normalized spacial score (nSPS) is 14.6. The van der Waals surface area contributed by atoms with Gasteiger partial charge >= 0.3 is 0 Å². The Morgan fingerprint density at radius 1 is 0.973 bits per heavy atom. The lowest BCUT2D eigenvalue weighted by Gasteiger charge is -2.33. The summed E-state index contributed by atoms with van der Waals surface area (Å²) in [6.07, 6.45) is 5.44. The molecule has 0 heterocycles. The van der Waals surface area contributed by atoms with Crippen LogP contribution in [0.15, 0.2) is 48.5 Å². The molecule has 0 bridgehead atoms. The van der Waals surface area contributed by atoms with E-state index >= 15 is 0 Å². The molecule has 37 heavy (non-hydrogen) atoms. The van der Waals surface area contributed by atoms with E-state index < -0.39 is 28.5 Å². The summed E-state index contributed by atoms with van der Waals surface area (Å²) in [6, 6.07) is 13.1. The first-order valence-electron chi connectivity index (χ1n) is 12.5. The van der Waals surface area contributed by atoms with Crippen molar-refractivity contribution in [3.8, 4) is 11.5 Å². The Hall–Kier alpha value is -3.27. The first-order chi connectivity index (χ1) is 17.7. The molecule has 0 aromatic heterocycles. The van der Waals surface area contributed by atoms with Crippen LogP contribution in [0, 0.1) is 0 Å². The van der Waals surface area contributed by atoms with Gasteiger partial charge in [-0.25, -0.2) is 8.42 Å². The van der Waals surface area contributed by atoms with Gasteiger partial charge in [0.2, 0.25) is 21.8 Å². The van der Waals surface area contributed by atoms with E-state index in [0.717, 1.165) is 41.8 Å². The van der Waals surface area contributed by atoms with E-state index in [-0.39, 0.29) is 18.5 Å². The van der Waals surface area contributed by atoms with Gasteiger partial charge in [-0.2, -0.15) is 0 Å². The first-order valence-corrected chi connectivity index (χ1v) is 14.4. The second-order valence-electron chi connectivity index (χ2n) is 9.25. The monoisotopic (exact) mass is 531 g/mol. The number of sulfonamides is 1. The maximum atomic E-state index is 13.8. The fourth-order valence-corrected chi connectivity index (χ4v) is 5.43. The lowest BCUT2D eigenvalue weighted by atomic mass is 10.1. The first kappa shape index (κ1) is 28.3. The predicted octanol–water partition coefficient (Wildman–Crippen LogP) is 3.34. The smallest absolute Gasteiger partial charge is 0.244 e. The molecular formula is C27H37N3O6S. The number of amides is 2. The number of methoxy groups -OCH3 is 2. The van der Waals surface area contributed by atoms with Gasteiger partial charge in [-0.3, -0.25) is 13.9 Å². The number of carbonyl (C=O) groups excluding carboxylic acids is 2. The third kappa shape index (κ3) is 7.61. The summed E-state index contributed by atoms with van der Waals surface area (Å²) >= 11 is 0. The zero-order valence-corrected chi connectivity index (χ0v) is 22.8. The van der Waals surface area contributed by atoms with Crippen molar-refractivity contribution in [3.05, 3.63) is 54.1 Å². The summed E-state index contributed by atoms with van der Waals surface area (Å²) in [4.78, 5) is 28.6. The quantitative estimate of drug-likeness (QED) is 0.451. The molecule has 2 aromatic carbocycles. The zero-order chi connectivity index (χ0) is 27.0. The van der Waals surface area contributed by atoms with Crippen LogP contribution in [0.4, 0.5) is 5.69 Å². The molecule has 202 valence electrons. The van der Waals surface area contributed by atoms with E-state index in [9.17, 15) is 18.0 Å². The molecule has 9 nitrogen and oxygen atoms in total. The average molecular weight is 532 g/mol. The third-order valence-electron chi connectivity index (χ3n) is 6.64. The van der Waals surface area contributed by atoms with E-state index in [0.29, 0.717) is 23.6 Å². The van der Waals surface area contributed by atoms with Crippen molar-refractivity contribution in [2.24, 2.45) is 0 Å². The Morgan fingerprint density at radius 2 is 1.51 bits per heavy atom. The molecule has 1 fully saturated rings. The molecule has 1 aliphatic carbocycles. The van der Waals surface area contributed by atoms with Gasteiger partial charge in [0, 0.05) is 12.6 Å². The van der Waals surface area contributed by atoms with Crippen LogP contribution in [0.3, 0.4) is 0 Å². The largest absolute Gasteiger partial charge is 0.497 e. The van der Waals surface area contributed by atoms with Crippen molar-refractivity contribution < 1.29 is 27.5 Å². The van der Waals surface area contributed by atoms with Gasteiger partial charge in [-0.05, 0) is 61.2 Å². The van der Waals surface area contributed by atoms with Gasteiger partial charge in [-0.15, -0.1) is 0 Å². The molecule has 1 saturated carbocycles. The molecule has 0 radical (unpaired) electrons. The molecule has 1 atom stereocenters. The van der Waals surface area contributed by atoms with E-state index in [1.165, 1.54) is 12.0 Å². The number of carbonyl (C=O) groups is 2. The van der Waals surface area contributed by atoms with Crippen molar-refractivity contribution in [2.45, 2.75) is 57.7 Å². The Labute approximate surface area is 219 Å². The third-order valence-corrected chi connectivity index (χ3v) is 7.78. The standard InChI is InChI=1S/C27H37N3O6S/c1-5-25(27(32)28-21-8-6-7-9-21)29(18-20-10-14-23(35-2)15-11-20)26(31)19-30(37(4,33)34)22-12-16-24(36-3)17-13-22/h10-17,21,25H,5-9,18-19H2,1-4H3,(H,28,32)/t25-/m0/s1. The van der Waals surface area contributed by atoms with Crippen LogP contribution >= 0.6 is 0 Å². The number of rotatable bonds is 12. The molecular weight excluding hydrogens is 494 g/mol. The van der Waals surface area contributed by atoms with Gasteiger partial charge < -0.3 is 19.7 Å². The molecule has 1 aliphatic rings. The SMILES string of the molecule is CC[C@@H](C(=O)NC1CCCC1)N(Cc1ccc(OC)cc1)C(=O)CN(c1ccc(OC)cc1)S(C)(=O)=O. The lowest BCUT2D eigenvalue weighted by Crippen LogP contribution is -2.53. The zero-order valence-electron chi connectivity index (χ0n) is 22.0. The molecule has 1 N–H and O–H groups in total. The Morgan fingerprint density at radius 3 is 2.00 bits per heavy atom. The average Bonchev–Trinajstić information content (AvgIpc) is 3.40. The van der Waals surface area contributed by atoms with Crippen LogP contribution < -0.4 is 19.1 Å². The van der Waals surface area contributed by atoms with Crippen LogP contribution in [0.5, 0.6) is 11.5 Å². The fraction of sp³-hybridized carbons (Fsp3) is 0.481. The van der Waals surface area contributed by atoms with Crippen LogP contribution in [0.25, 0.3) is 0 Å². The fourth-order valence-electron chi connectivity index (χ4n) is 4.58. The number of nitrogens with one attached hydrogen (secondary N) is 1. The van der Waals surface area contributed by atoms with Gasteiger partial charge in [0.15, 0.2) is 0 Å². The van der Waals surface area contributed by atoms with E-state index in [1.807, 2.05) is 19.1 Å². The highest BCUT2D eigenvalue weighted by atomic mass is 32.2. The highest BCUT2D eigenvalue weighted by molar-refractivity contribution is 7.92. The molecule has 10 heteroatoms. The number of nitrogens with zero attached hydrogens (tertiary/aromatic N) is 2. The number of anilines is 1. The summed E-state index contributed by atoms with van der Waals surface area (Å²) in [5.74, 6) is 0.562. The van der Waals surface area contributed by atoms with E-state index in [4.69, 9.17) is 9.47 Å². The van der Waals surface area contributed by atoms with Crippen LogP contribution in [0.1, 0.15) is 44.6 Å². The number of ether oxygens (including phenoxy) is 2. The predicted molar refractivity (Wildman–Crippen MR) is 143 cm³/mol. The topological polar surface area (TPSA) is 105 Å². The molecule has 0 aliphatic heterocycles. The molecule has 2 aromatic rings. The minimum Gasteiger partial charge on any atom is -0.497 e. The van der Waals surface area contributed by atoms with E-state index in [2.05, 4.69) is 5.32 Å². The summed E-state index contributed by atoms with van der Waals surface area (Å²) in [5, 5.41) is 3.10. The summed E-state index contributed by atoms with van der Waals surface area (Å²) in [7, 11) is -0.698. The maximum absolute atomic E-state index is 13.8. The number of hydrogen-bond donors (Lipinski definition) is 1. The van der Waals surface area contributed by atoms with Crippen molar-refractivity contribution in [1.82, 2.24) is 10.2 Å². The Balaban J connectivity index is 1.90. The van der Waals surface area contributed by atoms with Gasteiger partial charge in [0.25, 0.3) is 0 Å². The molecule has 0 unspecified atom stereocenters. The molecule has 0 saturated heterocycles. The van der Waals surface area contributed by atoms with Gasteiger partial charge in [0.1, 0.15) is 24.1 Å². The van der Waals surface area contributed by atoms with Crippen LogP contribution in [0.2, 0.25) is 0 Å². The lowest BCUT2D eigenvalue weighted by molar-refractivity contribution is -0.140. The second kappa shape index (κ2) is 12.8. The van der Waals surface area contributed by atoms with E-state index in [1.54, 1.807) is 43.5 Å². The minimum absolute atomic E-state index is 0.103. The molecule has 3 rings (SSSR count). The second-order valence-corrected chi connectivity index (χ2v) is 11.2. The van der Waals surface area contributed by atoms with Crippen molar-refractivity contribution in [1.29, 1.82) is 0 Å². The Kier molecular flexibility index (Phi) is 9.79. The van der Waals surface area contributed by atoms with Crippen LogP contribution in [-0.2, 0) is 26.2 Å². The molecule has 2 amide bonds. The summed E-state index contributed by atoms with van der Waals surface area (Å²) < 4.78 is 36.9. The summed E-state index contributed by atoms with van der Waals surface area (Å²) in [5.41, 5.74) is 1.14. The highest BCUT2D eigenvalue weighted by Crippen LogP contribution is 2.24. The number of benzene rings is 2.